The van der Waals surface area contributed by atoms with Crippen molar-refractivity contribution in [1.82, 2.24) is 5.32 Å². The van der Waals surface area contributed by atoms with Crippen molar-refractivity contribution >= 4 is 18.0 Å². The van der Waals surface area contributed by atoms with E-state index in [2.05, 4.69) is 10.1 Å². The van der Waals surface area contributed by atoms with E-state index >= 15 is 0 Å². The monoisotopic (exact) mass is 219 g/mol. The Morgan fingerprint density at radius 3 is 2.20 bits per heavy atom. The largest absolute Gasteiger partial charge is 0.481 e. The number of alkyl carbamates (subject to hydrolysis) is 1. The summed E-state index contributed by atoms with van der Waals surface area (Å²) in [6.07, 6.45) is -1.38. The normalized spacial score (nSPS) is 13.7. The van der Waals surface area contributed by atoms with Gasteiger partial charge in [-0.15, -0.1) is 0 Å². The van der Waals surface area contributed by atoms with Gasteiger partial charge in [0.2, 0.25) is 0 Å². The van der Waals surface area contributed by atoms with Gasteiger partial charge in [-0.1, -0.05) is 0 Å². The molecule has 1 atom stereocenters. The second kappa shape index (κ2) is 5.18. The molecule has 0 saturated carbocycles. The fraction of sp³-hybridized carbons (Fsp3) is 0.625. The molecule has 0 aliphatic rings. The maximum absolute atomic E-state index is 10.8. The summed E-state index contributed by atoms with van der Waals surface area (Å²) in [5, 5.41) is 19.5. The maximum atomic E-state index is 10.8. The van der Waals surface area contributed by atoms with E-state index in [1.165, 1.54) is 6.92 Å². The average Bonchev–Trinajstić information content (AvgIpc) is 2.12. The Hall–Kier alpha value is -1.79. The number of ether oxygens (including phenoxy) is 1. The molecule has 0 bridgehead atoms. The van der Waals surface area contributed by atoms with Crippen molar-refractivity contribution in [2.75, 3.05) is 13.7 Å². The Morgan fingerprint density at radius 2 is 1.87 bits per heavy atom. The number of carboxylic acid groups (broad SMARTS) is 2. The van der Waals surface area contributed by atoms with Crippen LogP contribution in [0.15, 0.2) is 0 Å². The molecule has 0 radical (unpaired) electrons. The molecular formula is C8H13NO6. The van der Waals surface area contributed by atoms with E-state index in [-0.39, 0.29) is 6.54 Å². The summed E-state index contributed by atoms with van der Waals surface area (Å²) in [5.41, 5.74) is -1.54. The third-order valence-electron chi connectivity index (χ3n) is 1.87. The minimum atomic E-state index is -1.54. The number of carbonyl (C=O) groups is 3. The number of rotatable bonds is 5. The Kier molecular flexibility index (Phi) is 4.56. The number of aliphatic carboxylic acids is 2. The molecule has 0 aromatic carbocycles. The number of carboxylic acids is 2. The lowest BCUT2D eigenvalue weighted by molar-refractivity contribution is -0.154. The van der Waals surface area contributed by atoms with Crippen LogP contribution in [0.3, 0.4) is 0 Å². The standard InChI is InChI=1S/C8H13NO6/c1-8(6(12)13,3-5(10)11)4-9-7(14)15-2/h3-4H2,1-2H3,(H,9,14)(H,10,11)(H,12,13). The highest BCUT2D eigenvalue weighted by molar-refractivity contribution is 5.82. The predicted molar refractivity (Wildman–Crippen MR) is 48.4 cm³/mol. The third-order valence-corrected chi connectivity index (χ3v) is 1.87. The first-order valence-corrected chi connectivity index (χ1v) is 4.09. The summed E-state index contributed by atoms with van der Waals surface area (Å²) in [7, 11) is 1.13. The molecule has 15 heavy (non-hydrogen) atoms. The predicted octanol–water partition coefficient (Wildman–Crippen LogP) is -0.0920. The molecule has 1 amide bonds. The molecule has 0 aliphatic heterocycles. The second-order valence-corrected chi connectivity index (χ2v) is 3.28. The van der Waals surface area contributed by atoms with Crippen LogP contribution < -0.4 is 5.32 Å². The highest BCUT2D eigenvalue weighted by atomic mass is 16.5. The Bertz CT molecular complexity index is 276. The molecule has 7 nitrogen and oxygen atoms in total. The maximum Gasteiger partial charge on any atom is 0.406 e. The molecule has 3 N–H and O–H groups in total. The van der Waals surface area contributed by atoms with E-state index in [0.717, 1.165) is 7.11 Å². The molecule has 0 spiro atoms. The Morgan fingerprint density at radius 1 is 1.33 bits per heavy atom. The molecule has 86 valence electrons. The van der Waals surface area contributed by atoms with Crippen LogP contribution in [-0.4, -0.2) is 41.9 Å². The minimum Gasteiger partial charge on any atom is -0.481 e. The van der Waals surface area contributed by atoms with Gasteiger partial charge in [-0.25, -0.2) is 4.79 Å². The van der Waals surface area contributed by atoms with Crippen molar-refractivity contribution in [2.45, 2.75) is 13.3 Å². The van der Waals surface area contributed by atoms with Gasteiger partial charge in [0, 0.05) is 6.54 Å². The van der Waals surface area contributed by atoms with E-state index in [9.17, 15) is 14.4 Å². The molecule has 0 aromatic rings. The SMILES string of the molecule is COC(=O)NCC(C)(CC(=O)O)C(=O)O. The summed E-state index contributed by atoms with van der Waals surface area (Å²) < 4.78 is 4.24. The van der Waals surface area contributed by atoms with Crippen LogP contribution in [0, 0.1) is 5.41 Å². The summed E-state index contributed by atoms with van der Waals surface area (Å²) in [6, 6.07) is 0. The van der Waals surface area contributed by atoms with Gasteiger partial charge in [-0.2, -0.15) is 0 Å². The summed E-state index contributed by atoms with van der Waals surface area (Å²) >= 11 is 0. The lowest BCUT2D eigenvalue weighted by atomic mass is 9.87. The fourth-order valence-electron chi connectivity index (χ4n) is 0.887. The lowest BCUT2D eigenvalue weighted by Crippen LogP contribution is -2.42. The van der Waals surface area contributed by atoms with Gasteiger partial charge in [-0.3, -0.25) is 9.59 Å². The average molecular weight is 219 g/mol. The highest BCUT2D eigenvalue weighted by Gasteiger charge is 2.36. The van der Waals surface area contributed by atoms with Gasteiger partial charge in [0.05, 0.1) is 18.9 Å². The van der Waals surface area contributed by atoms with E-state index in [1.807, 2.05) is 0 Å². The van der Waals surface area contributed by atoms with Gasteiger partial charge in [0.1, 0.15) is 0 Å². The van der Waals surface area contributed by atoms with Crippen molar-refractivity contribution in [3.8, 4) is 0 Å². The molecule has 7 heteroatoms. The zero-order chi connectivity index (χ0) is 12.1. The molecule has 0 aromatic heterocycles. The van der Waals surface area contributed by atoms with Gasteiger partial charge in [-0.05, 0) is 6.92 Å². The molecule has 0 heterocycles. The van der Waals surface area contributed by atoms with Crippen LogP contribution in [-0.2, 0) is 14.3 Å². The number of hydrogen-bond donors (Lipinski definition) is 3. The van der Waals surface area contributed by atoms with E-state index < -0.39 is 29.9 Å². The number of methoxy groups -OCH3 is 1. The zero-order valence-corrected chi connectivity index (χ0v) is 8.44. The molecule has 0 fully saturated rings. The van der Waals surface area contributed by atoms with Crippen LogP contribution in [0.2, 0.25) is 0 Å². The topological polar surface area (TPSA) is 113 Å². The number of carbonyl (C=O) groups excluding carboxylic acids is 1. The number of nitrogens with one attached hydrogen (secondary N) is 1. The third kappa shape index (κ3) is 4.30. The first-order chi connectivity index (χ1) is 6.81. The second-order valence-electron chi connectivity index (χ2n) is 3.28. The van der Waals surface area contributed by atoms with Gasteiger partial charge >= 0.3 is 18.0 Å². The van der Waals surface area contributed by atoms with E-state index in [4.69, 9.17) is 10.2 Å². The van der Waals surface area contributed by atoms with Crippen molar-refractivity contribution in [2.24, 2.45) is 5.41 Å². The van der Waals surface area contributed by atoms with E-state index in [0.29, 0.717) is 0 Å². The first kappa shape index (κ1) is 13.2. The minimum absolute atomic E-state index is 0.304. The van der Waals surface area contributed by atoms with Crippen molar-refractivity contribution in [1.29, 1.82) is 0 Å². The van der Waals surface area contributed by atoms with E-state index in [1.54, 1.807) is 0 Å². The van der Waals surface area contributed by atoms with Crippen LogP contribution in [0.4, 0.5) is 4.79 Å². The van der Waals surface area contributed by atoms with Crippen LogP contribution in [0.1, 0.15) is 13.3 Å². The Labute approximate surface area is 86.0 Å². The van der Waals surface area contributed by atoms with Crippen molar-refractivity contribution in [3.63, 3.8) is 0 Å². The van der Waals surface area contributed by atoms with Gasteiger partial charge in [0.25, 0.3) is 0 Å². The first-order valence-electron chi connectivity index (χ1n) is 4.09. The van der Waals surface area contributed by atoms with Gasteiger partial charge in [0.15, 0.2) is 0 Å². The van der Waals surface area contributed by atoms with Crippen LogP contribution >= 0.6 is 0 Å². The summed E-state index contributed by atoms with van der Waals surface area (Å²) in [4.78, 5) is 31.9. The molecule has 0 aliphatic carbocycles. The molecular weight excluding hydrogens is 206 g/mol. The summed E-state index contributed by atoms with van der Waals surface area (Å²) in [6.45, 7) is 0.931. The number of amides is 1. The fourth-order valence-corrected chi connectivity index (χ4v) is 0.887. The van der Waals surface area contributed by atoms with Crippen molar-refractivity contribution < 1.29 is 29.3 Å². The van der Waals surface area contributed by atoms with Gasteiger partial charge < -0.3 is 20.3 Å². The zero-order valence-electron chi connectivity index (χ0n) is 8.44. The molecule has 0 saturated heterocycles. The highest BCUT2D eigenvalue weighted by Crippen LogP contribution is 2.20. The van der Waals surface area contributed by atoms with Crippen LogP contribution in [0.25, 0.3) is 0 Å². The number of hydrogen-bond acceptors (Lipinski definition) is 4. The Balaban J connectivity index is 4.45. The lowest BCUT2D eigenvalue weighted by Gasteiger charge is -2.22. The smallest absolute Gasteiger partial charge is 0.406 e. The van der Waals surface area contributed by atoms with Crippen LogP contribution in [0.5, 0.6) is 0 Å². The molecule has 1 unspecified atom stereocenters. The van der Waals surface area contributed by atoms with Crippen molar-refractivity contribution in [3.05, 3.63) is 0 Å². The quantitative estimate of drug-likeness (QED) is 0.595. The summed E-state index contributed by atoms with van der Waals surface area (Å²) in [5.74, 6) is -2.53. The molecule has 0 rings (SSSR count).